The molecular formula is C10H13BrO3. The SMILES string of the molecule is COc1cc(C(C)CBr)cc(O)c1O. The molecule has 14 heavy (non-hydrogen) atoms. The zero-order chi connectivity index (χ0) is 10.7. The van der Waals surface area contributed by atoms with Gasteiger partial charge < -0.3 is 14.9 Å². The third kappa shape index (κ3) is 2.12. The van der Waals surface area contributed by atoms with Gasteiger partial charge in [-0.2, -0.15) is 0 Å². The summed E-state index contributed by atoms with van der Waals surface area (Å²) < 4.78 is 4.94. The van der Waals surface area contributed by atoms with Crippen molar-refractivity contribution in [1.29, 1.82) is 0 Å². The van der Waals surface area contributed by atoms with Crippen molar-refractivity contribution in [3.05, 3.63) is 17.7 Å². The molecule has 1 rings (SSSR count). The average molecular weight is 261 g/mol. The van der Waals surface area contributed by atoms with Crippen LogP contribution in [0, 0.1) is 0 Å². The third-order valence-electron chi connectivity index (χ3n) is 2.10. The van der Waals surface area contributed by atoms with E-state index in [4.69, 9.17) is 4.74 Å². The molecule has 0 heterocycles. The van der Waals surface area contributed by atoms with Gasteiger partial charge in [-0.05, 0) is 23.6 Å². The summed E-state index contributed by atoms with van der Waals surface area (Å²) in [5.41, 5.74) is 0.925. The van der Waals surface area contributed by atoms with Crippen LogP contribution in [0.3, 0.4) is 0 Å². The lowest BCUT2D eigenvalue weighted by Crippen LogP contribution is -1.95. The Hall–Kier alpha value is -0.900. The lowest BCUT2D eigenvalue weighted by atomic mass is 10.0. The number of rotatable bonds is 3. The Kier molecular flexibility index (Phi) is 3.63. The van der Waals surface area contributed by atoms with Crippen LogP contribution < -0.4 is 4.74 Å². The monoisotopic (exact) mass is 260 g/mol. The maximum atomic E-state index is 9.41. The minimum absolute atomic E-state index is 0.146. The lowest BCUT2D eigenvalue weighted by Gasteiger charge is -2.12. The third-order valence-corrected chi connectivity index (χ3v) is 3.07. The van der Waals surface area contributed by atoms with Gasteiger partial charge in [-0.15, -0.1) is 0 Å². The van der Waals surface area contributed by atoms with Crippen molar-refractivity contribution >= 4 is 15.9 Å². The molecule has 0 aliphatic rings. The van der Waals surface area contributed by atoms with Gasteiger partial charge in [0.15, 0.2) is 11.5 Å². The number of methoxy groups -OCH3 is 1. The topological polar surface area (TPSA) is 49.7 Å². The number of benzene rings is 1. The fourth-order valence-electron chi connectivity index (χ4n) is 1.14. The van der Waals surface area contributed by atoms with Gasteiger partial charge in [-0.3, -0.25) is 0 Å². The molecule has 0 spiro atoms. The quantitative estimate of drug-likeness (QED) is 0.649. The second kappa shape index (κ2) is 4.55. The first-order valence-corrected chi connectivity index (χ1v) is 5.38. The van der Waals surface area contributed by atoms with E-state index in [1.165, 1.54) is 7.11 Å². The molecule has 0 radical (unpaired) electrons. The molecule has 0 amide bonds. The van der Waals surface area contributed by atoms with Crippen molar-refractivity contribution in [3.63, 3.8) is 0 Å². The van der Waals surface area contributed by atoms with Crippen LogP contribution in [0.1, 0.15) is 18.4 Å². The van der Waals surface area contributed by atoms with Crippen LogP contribution in [0.25, 0.3) is 0 Å². The first kappa shape index (κ1) is 11.2. The Labute approximate surface area is 91.5 Å². The average Bonchev–Trinajstić information content (AvgIpc) is 2.20. The largest absolute Gasteiger partial charge is 0.504 e. The molecule has 0 bridgehead atoms. The van der Waals surface area contributed by atoms with Crippen molar-refractivity contribution in [1.82, 2.24) is 0 Å². The summed E-state index contributed by atoms with van der Waals surface area (Å²) in [6, 6.07) is 3.27. The Morgan fingerprint density at radius 2 is 2.07 bits per heavy atom. The number of phenols is 2. The molecule has 1 atom stereocenters. The molecule has 0 saturated heterocycles. The van der Waals surface area contributed by atoms with E-state index < -0.39 is 0 Å². The molecule has 0 aliphatic heterocycles. The van der Waals surface area contributed by atoms with Crippen molar-refractivity contribution in [2.45, 2.75) is 12.8 Å². The molecule has 2 N–H and O–H groups in total. The molecule has 3 nitrogen and oxygen atoms in total. The number of alkyl halides is 1. The van der Waals surface area contributed by atoms with Crippen molar-refractivity contribution in [2.24, 2.45) is 0 Å². The summed E-state index contributed by atoms with van der Waals surface area (Å²) >= 11 is 3.36. The van der Waals surface area contributed by atoms with E-state index in [2.05, 4.69) is 15.9 Å². The molecule has 1 aromatic carbocycles. The summed E-state index contributed by atoms with van der Waals surface area (Å²) in [7, 11) is 1.46. The van der Waals surface area contributed by atoms with E-state index in [0.29, 0.717) is 5.75 Å². The molecule has 0 aromatic heterocycles. The highest BCUT2D eigenvalue weighted by atomic mass is 79.9. The second-order valence-electron chi connectivity index (χ2n) is 3.15. The fourth-order valence-corrected chi connectivity index (χ4v) is 1.52. The molecule has 4 heteroatoms. The van der Waals surface area contributed by atoms with Gasteiger partial charge in [0.05, 0.1) is 7.11 Å². The minimum Gasteiger partial charge on any atom is -0.504 e. The lowest BCUT2D eigenvalue weighted by molar-refractivity contribution is 0.350. The molecule has 0 aliphatic carbocycles. The normalized spacial score (nSPS) is 12.5. The number of aromatic hydroxyl groups is 2. The van der Waals surface area contributed by atoms with E-state index in [1.54, 1.807) is 12.1 Å². The van der Waals surface area contributed by atoms with Gasteiger partial charge in [0.1, 0.15) is 0 Å². The molecule has 78 valence electrons. The number of ether oxygens (including phenoxy) is 1. The van der Waals surface area contributed by atoms with Gasteiger partial charge in [0.2, 0.25) is 5.75 Å². The standard InChI is InChI=1S/C10H13BrO3/c1-6(5-11)7-3-8(12)10(13)9(4-7)14-2/h3-4,6,12-13H,5H2,1-2H3. The Balaban J connectivity index is 3.16. The van der Waals surface area contributed by atoms with E-state index in [9.17, 15) is 10.2 Å². The highest BCUT2D eigenvalue weighted by Gasteiger charge is 2.12. The van der Waals surface area contributed by atoms with E-state index >= 15 is 0 Å². The van der Waals surface area contributed by atoms with Crippen LogP contribution in [0.5, 0.6) is 17.2 Å². The van der Waals surface area contributed by atoms with Crippen LogP contribution in [0.4, 0.5) is 0 Å². The van der Waals surface area contributed by atoms with Crippen LogP contribution in [0.2, 0.25) is 0 Å². The van der Waals surface area contributed by atoms with Gasteiger partial charge >= 0.3 is 0 Å². The first-order chi connectivity index (χ1) is 6.60. The highest BCUT2D eigenvalue weighted by Crippen LogP contribution is 2.38. The van der Waals surface area contributed by atoms with Crippen molar-refractivity contribution < 1.29 is 14.9 Å². The highest BCUT2D eigenvalue weighted by molar-refractivity contribution is 9.09. The predicted octanol–water partition coefficient (Wildman–Crippen LogP) is 2.60. The Bertz CT molecular complexity index is 325. The molecule has 1 aromatic rings. The number of hydrogen-bond donors (Lipinski definition) is 2. The smallest absolute Gasteiger partial charge is 0.200 e. The zero-order valence-electron chi connectivity index (χ0n) is 8.12. The van der Waals surface area contributed by atoms with E-state index in [1.807, 2.05) is 6.92 Å². The van der Waals surface area contributed by atoms with Gasteiger partial charge in [-0.1, -0.05) is 22.9 Å². The summed E-state index contributed by atoms with van der Waals surface area (Å²) in [5, 5.41) is 19.6. The van der Waals surface area contributed by atoms with Crippen LogP contribution >= 0.6 is 15.9 Å². The maximum absolute atomic E-state index is 9.41. The predicted molar refractivity (Wildman–Crippen MR) is 58.5 cm³/mol. The minimum atomic E-state index is -0.210. The maximum Gasteiger partial charge on any atom is 0.200 e. The van der Waals surface area contributed by atoms with Gasteiger partial charge in [0, 0.05) is 5.33 Å². The van der Waals surface area contributed by atoms with Crippen LogP contribution in [0.15, 0.2) is 12.1 Å². The summed E-state index contributed by atoms with van der Waals surface area (Å²) in [5.74, 6) is 0.202. The summed E-state index contributed by atoms with van der Waals surface area (Å²) in [6.07, 6.45) is 0. The molecule has 1 unspecified atom stereocenters. The Morgan fingerprint density at radius 1 is 1.43 bits per heavy atom. The summed E-state index contributed by atoms with van der Waals surface area (Å²) in [4.78, 5) is 0. The molecule has 0 fully saturated rings. The summed E-state index contributed by atoms with van der Waals surface area (Å²) in [6.45, 7) is 2.01. The number of halogens is 1. The van der Waals surface area contributed by atoms with E-state index in [-0.39, 0.29) is 17.4 Å². The van der Waals surface area contributed by atoms with E-state index in [0.717, 1.165) is 10.9 Å². The van der Waals surface area contributed by atoms with Crippen LogP contribution in [-0.4, -0.2) is 22.7 Å². The molecular weight excluding hydrogens is 248 g/mol. The van der Waals surface area contributed by atoms with Gasteiger partial charge in [0.25, 0.3) is 0 Å². The van der Waals surface area contributed by atoms with Crippen molar-refractivity contribution in [3.8, 4) is 17.2 Å². The zero-order valence-corrected chi connectivity index (χ0v) is 9.71. The Morgan fingerprint density at radius 3 is 2.57 bits per heavy atom. The molecule has 0 saturated carbocycles. The van der Waals surface area contributed by atoms with Gasteiger partial charge in [-0.25, -0.2) is 0 Å². The fraction of sp³-hybridized carbons (Fsp3) is 0.400. The van der Waals surface area contributed by atoms with Crippen molar-refractivity contribution in [2.75, 3.05) is 12.4 Å². The van der Waals surface area contributed by atoms with Crippen LogP contribution in [-0.2, 0) is 0 Å². The second-order valence-corrected chi connectivity index (χ2v) is 3.79. The number of hydrogen-bond acceptors (Lipinski definition) is 3. The number of phenolic OH excluding ortho intramolecular Hbond substituents is 2. The first-order valence-electron chi connectivity index (χ1n) is 4.26.